The van der Waals surface area contributed by atoms with Crippen LogP contribution in [0.2, 0.25) is 0 Å². The smallest absolute Gasteiger partial charge is 0.221 e. The number of rotatable bonds is 5. The Kier molecular flexibility index (Phi) is 4.74. The highest BCUT2D eigenvalue weighted by Crippen LogP contribution is 2.30. The molecular weight excluding hydrogens is 204 g/mol. The molecule has 0 aliphatic heterocycles. The van der Waals surface area contributed by atoms with Gasteiger partial charge in [0.25, 0.3) is 0 Å². The van der Waals surface area contributed by atoms with E-state index in [9.17, 15) is 4.79 Å². The van der Waals surface area contributed by atoms with Gasteiger partial charge in [-0.25, -0.2) is 0 Å². The second-order valence-corrected chi connectivity index (χ2v) is 5.60. The molecule has 4 N–H and O–H groups in total. The number of nitrogens with two attached hydrogens (primary N) is 1. The van der Waals surface area contributed by atoms with Gasteiger partial charge in [0.05, 0.1) is 0 Å². The molecular formula is C12H24N2O2. The molecule has 0 radical (unpaired) electrons. The third-order valence-electron chi connectivity index (χ3n) is 3.23. The molecule has 0 saturated heterocycles. The lowest BCUT2D eigenvalue weighted by Crippen LogP contribution is -2.40. The molecule has 0 spiro atoms. The summed E-state index contributed by atoms with van der Waals surface area (Å²) in [5.74, 6) is 0.817. The van der Waals surface area contributed by atoms with Crippen LogP contribution in [-0.2, 0) is 4.79 Å². The summed E-state index contributed by atoms with van der Waals surface area (Å²) >= 11 is 0. The van der Waals surface area contributed by atoms with Gasteiger partial charge in [0, 0.05) is 25.1 Å². The van der Waals surface area contributed by atoms with E-state index in [1.54, 1.807) is 0 Å². The summed E-state index contributed by atoms with van der Waals surface area (Å²) in [6.07, 6.45) is 3.70. The fourth-order valence-corrected chi connectivity index (χ4v) is 2.34. The van der Waals surface area contributed by atoms with Gasteiger partial charge < -0.3 is 16.2 Å². The number of carbonyl (C=O) groups excluding carboxylic acids is 1. The van der Waals surface area contributed by atoms with Crippen LogP contribution in [0.25, 0.3) is 0 Å². The van der Waals surface area contributed by atoms with Gasteiger partial charge in [0.1, 0.15) is 0 Å². The van der Waals surface area contributed by atoms with Crippen LogP contribution in [0.4, 0.5) is 0 Å². The van der Waals surface area contributed by atoms with Crippen molar-refractivity contribution in [1.29, 1.82) is 0 Å². The fraction of sp³-hybridized carbons (Fsp3) is 0.917. The quantitative estimate of drug-likeness (QED) is 0.646. The first-order valence-corrected chi connectivity index (χ1v) is 6.09. The van der Waals surface area contributed by atoms with E-state index >= 15 is 0 Å². The van der Waals surface area contributed by atoms with Gasteiger partial charge in [-0.1, -0.05) is 6.42 Å². The maximum absolute atomic E-state index is 11.6. The van der Waals surface area contributed by atoms with Gasteiger partial charge in [0.2, 0.25) is 5.91 Å². The zero-order valence-electron chi connectivity index (χ0n) is 10.3. The first kappa shape index (κ1) is 13.5. The van der Waals surface area contributed by atoms with E-state index in [0.29, 0.717) is 24.8 Å². The van der Waals surface area contributed by atoms with Gasteiger partial charge >= 0.3 is 0 Å². The number of amides is 1. The fourth-order valence-electron chi connectivity index (χ4n) is 2.34. The van der Waals surface area contributed by atoms with Crippen LogP contribution in [0, 0.1) is 11.8 Å². The first-order chi connectivity index (χ1) is 7.42. The maximum atomic E-state index is 11.6. The third-order valence-corrected chi connectivity index (χ3v) is 3.23. The summed E-state index contributed by atoms with van der Waals surface area (Å²) in [6, 6.07) is 0. The Morgan fingerprint density at radius 1 is 1.44 bits per heavy atom. The first-order valence-electron chi connectivity index (χ1n) is 6.09. The topological polar surface area (TPSA) is 75.4 Å². The summed E-state index contributed by atoms with van der Waals surface area (Å²) < 4.78 is 0. The number of nitrogens with one attached hydrogen (secondary N) is 1. The Morgan fingerprint density at radius 2 is 2.06 bits per heavy atom. The van der Waals surface area contributed by atoms with Crippen LogP contribution in [0.15, 0.2) is 0 Å². The second-order valence-electron chi connectivity index (χ2n) is 5.60. The van der Waals surface area contributed by atoms with Crippen molar-refractivity contribution in [1.82, 2.24) is 5.32 Å². The molecule has 0 bridgehead atoms. The zero-order chi connectivity index (χ0) is 12.2. The summed E-state index contributed by atoms with van der Waals surface area (Å²) in [7, 11) is 0. The van der Waals surface area contributed by atoms with Gasteiger partial charge in [-0.3, -0.25) is 4.79 Å². The summed E-state index contributed by atoms with van der Waals surface area (Å²) in [4.78, 5) is 11.6. The predicted molar refractivity (Wildman–Crippen MR) is 63.8 cm³/mol. The highest BCUT2D eigenvalue weighted by Gasteiger charge is 2.27. The predicted octanol–water partition coefficient (Wildman–Crippen LogP) is 0.639. The van der Waals surface area contributed by atoms with Crippen LogP contribution in [0.3, 0.4) is 0 Å². The normalized spacial score (nSPS) is 25.8. The molecule has 0 aromatic carbocycles. The minimum Gasteiger partial charge on any atom is -0.396 e. The highest BCUT2D eigenvalue weighted by molar-refractivity contribution is 5.77. The Balaban J connectivity index is 2.26. The molecule has 2 atom stereocenters. The van der Waals surface area contributed by atoms with E-state index in [1.165, 1.54) is 0 Å². The van der Waals surface area contributed by atoms with E-state index in [1.807, 2.05) is 13.8 Å². The van der Waals surface area contributed by atoms with Gasteiger partial charge in [-0.2, -0.15) is 0 Å². The molecule has 0 heterocycles. The molecule has 1 rings (SSSR count). The lowest BCUT2D eigenvalue weighted by Gasteiger charge is -2.21. The summed E-state index contributed by atoms with van der Waals surface area (Å²) in [5, 5.41) is 12.1. The van der Waals surface area contributed by atoms with Crippen molar-refractivity contribution in [2.75, 3.05) is 13.2 Å². The number of aliphatic hydroxyl groups excluding tert-OH is 1. The molecule has 1 fully saturated rings. The van der Waals surface area contributed by atoms with Crippen LogP contribution in [0.5, 0.6) is 0 Å². The van der Waals surface area contributed by atoms with E-state index in [-0.39, 0.29) is 12.5 Å². The van der Waals surface area contributed by atoms with Gasteiger partial charge in [-0.15, -0.1) is 0 Å². The van der Waals surface area contributed by atoms with Crippen molar-refractivity contribution in [3.63, 3.8) is 0 Å². The lowest BCUT2D eigenvalue weighted by molar-refractivity contribution is -0.122. The van der Waals surface area contributed by atoms with Crippen LogP contribution in [-0.4, -0.2) is 29.7 Å². The Hall–Kier alpha value is -0.610. The number of carbonyl (C=O) groups is 1. The van der Waals surface area contributed by atoms with Gasteiger partial charge in [-0.05, 0) is 38.5 Å². The number of aliphatic hydroxyl groups is 1. The number of hydrogen-bond donors (Lipinski definition) is 3. The van der Waals surface area contributed by atoms with Crippen LogP contribution in [0.1, 0.15) is 39.5 Å². The molecule has 1 aliphatic rings. The van der Waals surface area contributed by atoms with Crippen molar-refractivity contribution >= 4 is 5.91 Å². The minimum atomic E-state index is -0.448. The largest absolute Gasteiger partial charge is 0.396 e. The average molecular weight is 228 g/mol. The molecule has 2 unspecified atom stereocenters. The molecule has 0 aromatic heterocycles. The van der Waals surface area contributed by atoms with E-state index in [0.717, 1.165) is 19.3 Å². The van der Waals surface area contributed by atoms with Crippen molar-refractivity contribution < 1.29 is 9.90 Å². The molecule has 0 aromatic rings. The van der Waals surface area contributed by atoms with Crippen molar-refractivity contribution in [2.45, 2.75) is 45.1 Å². The number of hydrogen-bond acceptors (Lipinski definition) is 3. The molecule has 1 saturated carbocycles. The van der Waals surface area contributed by atoms with E-state index in [4.69, 9.17) is 10.8 Å². The van der Waals surface area contributed by atoms with Crippen LogP contribution >= 0.6 is 0 Å². The lowest BCUT2D eigenvalue weighted by atomic mass is 9.96. The average Bonchev–Trinajstić information content (AvgIpc) is 2.59. The van der Waals surface area contributed by atoms with Crippen molar-refractivity contribution in [2.24, 2.45) is 17.6 Å². The monoisotopic (exact) mass is 228 g/mol. The highest BCUT2D eigenvalue weighted by atomic mass is 16.3. The standard InChI is InChI=1S/C12H24N2O2/c1-12(2,13)6-11(16)14-7-9-4-3-5-10(9)8-15/h9-10,15H,3-8,13H2,1-2H3,(H,14,16). The molecule has 4 nitrogen and oxygen atoms in total. The van der Waals surface area contributed by atoms with E-state index in [2.05, 4.69) is 5.32 Å². The minimum absolute atomic E-state index is 0.0103. The Labute approximate surface area is 97.6 Å². The van der Waals surface area contributed by atoms with Crippen molar-refractivity contribution in [3.8, 4) is 0 Å². The van der Waals surface area contributed by atoms with Crippen molar-refractivity contribution in [3.05, 3.63) is 0 Å². The Bertz CT molecular complexity index is 236. The molecule has 1 amide bonds. The molecule has 4 heteroatoms. The Morgan fingerprint density at radius 3 is 2.62 bits per heavy atom. The molecule has 16 heavy (non-hydrogen) atoms. The second kappa shape index (κ2) is 5.64. The van der Waals surface area contributed by atoms with E-state index < -0.39 is 5.54 Å². The zero-order valence-corrected chi connectivity index (χ0v) is 10.3. The maximum Gasteiger partial charge on any atom is 0.221 e. The molecule has 94 valence electrons. The summed E-state index contributed by atoms with van der Waals surface area (Å²) in [6.45, 7) is 4.61. The SMILES string of the molecule is CC(C)(N)CC(=O)NCC1CCCC1CO. The van der Waals surface area contributed by atoms with Crippen LogP contribution < -0.4 is 11.1 Å². The molecule has 1 aliphatic carbocycles. The third kappa shape index (κ3) is 4.49. The summed E-state index contributed by atoms with van der Waals surface area (Å²) in [5.41, 5.74) is 5.32. The van der Waals surface area contributed by atoms with Gasteiger partial charge in [0.15, 0.2) is 0 Å².